The van der Waals surface area contributed by atoms with Crippen LogP contribution in [0.3, 0.4) is 0 Å². The van der Waals surface area contributed by atoms with Crippen LogP contribution in [0.4, 0.5) is 5.82 Å². The summed E-state index contributed by atoms with van der Waals surface area (Å²) in [6, 6.07) is 12.1. The molecule has 1 aromatic carbocycles. The zero-order valence-corrected chi connectivity index (χ0v) is 9.51. The van der Waals surface area contributed by atoms with Crippen molar-refractivity contribution in [3.63, 3.8) is 0 Å². The molecule has 82 valence electrons. The fourth-order valence-electron chi connectivity index (χ4n) is 1.75. The van der Waals surface area contributed by atoms with E-state index in [1.807, 2.05) is 31.2 Å². The van der Waals surface area contributed by atoms with Crippen LogP contribution in [0, 0.1) is 6.92 Å². The molecule has 2 N–H and O–H groups in total. The summed E-state index contributed by atoms with van der Waals surface area (Å²) in [6.07, 6.45) is 0. The van der Waals surface area contributed by atoms with E-state index in [0.29, 0.717) is 5.82 Å². The van der Waals surface area contributed by atoms with Gasteiger partial charge in [-0.15, -0.1) is 0 Å². The molecule has 0 saturated heterocycles. The summed E-state index contributed by atoms with van der Waals surface area (Å²) in [5.74, 6) is 1.49. The first kappa shape index (κ1) is 10.6. The third-order valence-electron chi connectivity index (χ3n) is 2.62. The van der Waals surface area contributed by atoms with E-state index in [9.17, 15) is 0 Å². The summed E-state index contributed by atoms with van der Waals surface area (Å²) < 4.78 is 0. The highest BCUT2D eigenvalue weighted by Crippen LogP contribution is 2.22. The lowest BCUT2D eigenvalue weighted by molar-refractivity contribution is 0.845. The normalized spacial score (nSPS) is 12.4. The zero-order valence-electron chi connectivity index (χ0n) is 9.51. The third-order valence-corrected chi connectivity index (χ3v) is 2.62. The number of hydrogen-bond donors (Lipinski definition) is 1. The molecule has 1 heterocycles. The Balaban J connectivity index is 2.37. The van der Waals surface area contributed by atoms with E-state index in [1.165, 1.54) is 5.56 Å². The summed E-state index contributed by atoms with van der Waals surface area (Å²) in [7, 11) is 0. The van der Waals surface area contributed by atoms with Gasteiger partial charge in [0.2, 0.25) is 0 Å². The topological polar surface area (TPSA) is 51.8 Å². The van der Waals surface area contributed by atoms with Crippen molar-refractivity contribution in [2.75, 3.05) is 5.73 Å². The summed E-state index contributed by atoms with van der Waals surface area (Å²) in [5, 5.41) is 0. The lowest BCUT2D eigenvalue weighted by Gasteiger charge is -2.12. The van der Waals surface area contributed by atoms with Gasteiger partial charge in [-0.05, 0) is 12.5 Å². The highest BCUT2D eigenvalue weighted by Gasteiger charge is 2.10. The quantitative estimate of drug-likeness (QED) is 0.834. The monoisotopic (exact) mass is 213 g/mol. The Labute approximate surface area is 95.4 Å². The number of nitrogen functional groups attached to an aromatic ring is 1. The number of anilines is 1. The Kier molecular flexibility index (Phi) is 2.86. The maximum atomic E-state index is 5.72. The molecule has 2 aromatic rings. The number of benzene rings is 1. The number of hydrogen-bond acceptors (Lipinski definition) is 3. The minimum atomic E-state index is 0.241. The lowest BCUT2D eigenvalue weighted by Crippen LogP contribution is -2.04. The minimum absolute atomic E-state index is 0.241. The molecule has 16 heavy (non-hydrogen) atoms. The smallest absolute Gasteiger partial charge is 0.127 e. The van der Waals surface area contributed by atoms with E-state index in [2.05, 4.69) is 29.0 Å². The number of nitrogens with zero attached hydrogens (tertiary/aromatic N) is 2. The average Bonchev–Trinajstić information content (AvgIpc) is 2.28. The molecule has 3 nitrogen and oxygen atoms in total. The maximum absolute atomic E-state index is 5.72. The van der Waals surface area contributed by atoms with E-state index in [-0.39, 0.29) is 5.92 Å². The molecule has 0 bridgehead atoms. The number of aromatic nitrogens is 2. The van der Waals surface area contributed by atoms with Crippen LogP contribution in [-0.2, 0) is 0 Å². The van der Waals surface area contributed by atoms with Crippen LogP contribution in [0.2, 0.25) is 0 Å². The van der Waals surface area contributed by atoms with Crippen molar-refractivity contribution in [2.45, 2.75) is 19.8 Å². The summed E-state index contributed by atoms with van der Waals surface area (Å²) in [5.41, 5.74) is 7.93. The maximum Gasteiger partial charge on any atom is 0.127 e. The van der Waals surface area contributed by atoms with Gasteiger partial charge in [0.1, 0.15) is 11.6 Å². The first-order valence-electron chi connectivity index (χ1n) is 5.33. The first-order valence-corrected chi connectivity index (χ1v) is 5.33. The van der Waals surface area contributed by atoms with Gasteiger partial charge in [-0.25, -0.2) is 9.97 Å². The standard InChI is InChI=1S/C13H15N3/c1-9(11-6-4-3-5-7-11)12-8-13(14)16-10(2)15-12/h3-9H,1-2H3,(H2,14,15,16)/t9-/m1/s1. The minimum Gasteiger partial charge on any atom is -0.384 e. The van der Waals surface area contributed by atoms with Crippen LogP contribution in [0.25, 0.3) is 0 Å². The Morgan fingerprint density at radius 2 is 1.81 bits per heavy atom. The molecule has 0 aliphatic rings. The van der Waals surface area contributed by atoms with E-state index in [1.54, 1.807) is 0 Å². The molecule has 1 atom stereocenters. The Morgan fingerprint density at radius 1 is 1.12 bits per heavy atom. The second-order valence-corrected chi connectivity index (χ2v) is 3.90. The predicted molar refractivity (Wildman–Crippen MR) is 65.1 cm³/mol. The van der Waals surface area contributed by atoms with Crippen molar-refractivity contribution in [3.8, 4) is 0 Å². The van der Waals surface area contributed by atoms with Crippen LogP contribution >= 0.6 is 0 Å². The van der Waals surface area contributed by atoms with Crippen LogP contribution in [0.1, 0.15) is 29.9 Å². The molecule has 0 unspecified atom stereocenters. The van der Waals surface area contributed by atoms with Crippen LogP contribution < -0.4 is 5.73 Å². The van der Waals surface area contributed by atoms with Crippen molar-refractivity contribution >= 4 is 5.82 Å². The SMILES string of the molecule is Cc1nc(N)cc([C@H](C)c2ccccc2)n1. The van der Waals surface area contributed by atoms with Gasteiger partial charge < -0.3 is 5.73 Å². The van der Waals surface area contributed by atoms with E-state index >= 15 is 0 Å². The molecule has 0 saturated carbocycles. The van der Waals surface area contributed by atoms with Gasteiger partial charge in [0, 0.05) is 12.0 Å². The zero-order chi connectivity index (χ0) is 11.5. The van der Waals surface area contributed by atoms with Gasteiger partial charge in [-0.2, -0.15) is 0 Å². The summed E-state index contributed by atoms with van der Waals surface area (Å²) in [4.78, 5) is 8.50. The lowest BCUT2D eigenvalue weighted by atomic mass is 9.97. The van der Waals surface area contributed by atoms with Crippen LogP contribution in [-0.4, -0.2) is 9.97 Å². The summed E-state index contributed by atoms with van der Waals surface area (Å²) in [6.45, 7) is 3.98. The van der Waals surface area contributed by atoms with Gasteiger partial charge >= 0.3 is 0 Å². The van der Waals surface area contributed by atoms with Crippen molar-refractivity contribution in [2.24, 2.45) is 0 Å². The second-order valence-electron chi connectivity index (χ2n) is 3.90. The molecule has 0 amide bonds. The van der Waals surface area contributed by atoms with Crippen molar-refractivity contribution in [3.05, 3.63) is 53.5 Å². The van der Waals surface area contributed by atoms with Crippen LogP contribution in [0.15, 0.2) is 36.4 Å². The average molecular weight is 213 g/mol. The van der Waals surface area contributed by atoms with Crippen molar-refractivity contribution in [1.82, 2.24) is 9.97 Å². The fraction of sp³-hybridized carbons (Fsp3) is 0.231. The molecule has 0 spiro atoms. The second kappa shape index (κ2) is 4.31. The fourth-order valence-corrected chi connectivity index (χ4v) is 1.75. The van der Waals surface area contributed by atoms with Gasteiger partial charge in [-0.3, -0.25) is 0 Å². The van der Waals surface area contributed by atoms with E-state index in [4.69, 9.17) is 5.73 Å². The van der Waals surface area contributed by atoms with Gasteiger partial charge in [0.15, 0.2) is 0 Å². The first-order chi connectivity index (χ1) is 7.66. The molecular weight excluding hydrogens is 198 g/mol. The summed E-state index contributed by atoms with van der Waals surface area (Å²) >= 11 is 0. The van der Waals surface area contributed by atoms with Crippen molar-refractivity contribution in [1.29, 1.82) is 0 Å². The Bertz CT molecular complexity index is 460. The molecule has 3 heteroatoms. The molecule has 0 aliphatic carbocycles. The molecule has 2 rings (SSSR count). The number of rotatable bonds is 2. The van der Waals surface area contributed by atoms with Gasteiger partial charge in [-0.1, -0.05) is 37.3 Å². The number of aryl methyl sites for hydroxylation is 1. The largest absolute Gasteiger partial charge is 0.384 e. The van der Waals surface area contributed by atoms with Crippen molar-refractivity contribution < 1.29 is 0 Å². The molecule has 1 aromatic heterocycles. The molecule has 0 radical (unpaired) electrons. The van der Waals surface area contributed by atoms with E-state index < -0.39 is 0 Å². The third kappa shape index (κ3) is 2.19. The highest BCUT2D eigenvalue weighted by molar-refractivity contribution is 5.35. The molecular formula is C13H15N3. The Morgan fingerprint density at radius 3 is 2.44 bits per heavy atom. The van der Waals surface area contributed by atoms with Gasteiger partial charge in [0.05, 0.1) is 5.69 Å². The Hall–Kier alpha value is -1.90. The number of nitrogens with two attached hydrogens (primary N) is 1. The molecule has 0 fully saturated rings. The van der Waals surface area contributed by atoms with Gasteiger partial charge in [0.25, 0.3) is 0 Å². The predicted octanol–water partition coefficient (Wildman–Crippen LogP) is 2.52. The van der Waals surface area contributed by atoms with Crippen LogP contribution in [0.5, 0.6) is 0 Å². The molecule has 0 aliphatic heterocycles. The van der Waals surface area contributed by atoms with E-state index in [0.717, 1.165) is 11.5 Å². The highest BCUT2D eigenvalue weighted by atomic mass is 14.9.